The fourth-order valence-electron chi connectivity index (χ4n) is 2.04. The van der Waals surface area contributed by atoms with E-state index in [4.69, 9.17) is 11.6 Å². The van der Waals surface area contributed by atoms with Crippen molar-refractivity contribution in [1.82, 2.24) is 14.5 Å². The average Bonchev–Trinajstić information content (AvgIpc) is 2.59. The molecule has 0 aliphatic rings. The Labute approximate surface area is 138 Å². The van der Waals surface area contributed by atoms with Gasteiger partial charge in [0.2, 0.25) is 5.62 Å². The Morgan fingerprint density at radius 1 is 1.09 bits per heavy atom. The SMILES string of the molecule is O=C(/N=c1\ncccn1Cc1ccc(Cl)nc1)c1ccccc1. The van der Waals surface area contributed by atoms with E-state index in [9.17, 15) is 4.79 Å². The van der Waals surface area contributed by atoms with Crippen molar-refractivity contribution in [2.45, 2.75) is 6.54 Å². The maximum Gasteiger partial charge on any atom is 0.280 e. The lowest BCUT2D eigenvalue weighted by Crippen LogP contribution is -2.25. The molecule has 0 bridgehead atoms. The molecule has 3 aromatic rings. The number of carbonyl (C=O) groups is 1. The number of pyridine rings is 1. The van der Waals surface area contributed by atoms with Gasteiger partial charge in [-0.25, -0.2) is 9.97 Å². The molecular formula is C17H13ClN4O. The molecule has 2 aromatic heterocycles. The number of hydrogen-bond donors (Lipinski definition) is 0. The van der Waals surface area contributed by atoms with E-state index in [-0.39, 0.29) is 5.91 Å². The van der Waals surface area contributed by atoms with Crippen LogP contribution in [0.1, 0.15) is 15.9 Å². The van der Waals surface area contributed by atoms with Crippen molar-refractivity contribution in [2.24, 2.45) is 4.99 Å². The summed E-state index contributed by atoms with van der Waals surface area (Å²) in [6, 6.07) is 14.3. The summed E-state index contributed by atoms with van der Waals surface area (Å²) < 4.78 is 1.78. The molecule has 0 aliphatic carbocycles. The molecule has 0 spiro atoms. The Kier molecular flexibility index (Phi) is 4.59. The lowest BCUT2D eigenvalue weighted by Gasteiger charge is -2.06. The lowest BCUT2D eigenvalue weighted by molar-refractivity contribution is 0.0996. The third-order valence-electron chi connectivity index (χ3n) is 3.16. The molecule has 114 valence electrons. The van der Waals surface area contributed by atoms with Crippen LogP contribution >= 0.6 is 11.6 Å². The van der Waals surface area contributed by atoms with Crippen LogP contribution in [0, 0.1) is 0 Å². The minimum atomic E-state index is -0.327. The third-order valence-corrected chi connectivity index (χ3v) is 3.39. The van der Waals surface area contributed by atoms with E-state index in [0.717, 1.165) is 5.56 Å². The topological polar surface area (TPSA) is 60.1 Å². The van der Waals surface area contributed by atoms with Crippen molar-refractivity contribution in [3.05, 3.63) is 89.0 Å². The van der Waals surface area contributed by atoms with Gasteiger partial charge >= 0.3 is 0 Å². The Morgan fingerprint density at radius 2 is 1.91 bits per heavy atom. The van der Waals surface area contributed by atoms with E-state index in [2.05, 4.69) is 15.0 Å². The zero-order chi connectivity index (χ0) is 16.1. The maximum absolute atomic E-state index is 12.2. The summed E-state index contributed by atoms with van der Waals surface area (Å²) >= 11 is 5.79. The van der Waals surface area contributed by atoms with E-state index in [1.165, 1.54) is 0 Å². The summed E-state index contributed by atoms with van der Waals surface area (Å²) in [6.07, 6.45) is 5.11. The summed E-state index contributed by atoms with van der Waals surface area (Å²) in [5, 5.41) is 0.439. The molecule has 3 rings (SSSR count). The molecule has 0 atom stereocenters. The van der Waals surface area contributed by atoms with Crippen LogP contribution < -0.4 is 5.62 Å². The van der Waals surface area contributed by atoms with E-state index in [1.54, 1.807) is 53.4 Å². The molecule has 0 radical (unpaired) electrons. The summed E-state index contributed by atoms with van der Waals surface area (Å²) in [7, 11) is 0. The normalized spacial score (nSPS) is 11.4. The number of carbonyl (C=O) groups excluding carboxylic acids is 1. The number of benzene rings is 1. The molecule has 0 saturated heterocycles. The number of amides is 1. The van der Waals surface area contributed by atoms with Gasteiger partial charge in [-0.1, -0.05) is 35.9 Å². The van der Waals surface area contributed by atoms with Crippen LogP contribution in [0.2, 0.25) is 5.15 Å². The highest BCUT2D eigenvalue weighted by atomic mass is 35.5. The molecule has 6 heteroatoms. The van der Waals surface area contributed by atoms with Gasteiger partial charge in [-0.05, 0) is 29.8 Å². The molecule has 0 unspecified atom stereocenters. The highest BCUT2D eigenvalue weighted by Gasteiger charge is 2.04. The van der Waals surface area contributed by atoms with Crippen molar-refractivity contribution >= 4 is 17.5 Å². The molecular weight excluding hydrogens is 312 g/mol. The molecule has 2 heterocycles. The number of rotatable bonds is 3. The molecule has 0 aliphatic heterocycles. The summed E-state index contributed by atoms with van der Waals surface area (Å²) in [5.41, 5.74) is 1.81. The summed E-state index contributed by atoms with van der Waals surface area (Å²) in [5.74, 6) is -0.327. The van der Waals surface area contributed by atoms with Crippen molar-refractivity contribution < 1.29 is 4.79 Å². The Bertz CT molecular complexity index is 873. The number of hydrogen-bond acceptors (Lipinski definition) is 3. The first kappa shape index (κ1) is 15.1. The molecule has 5 nitrogen and oxygen atoms in total. The summed E-state index contributed by atoms with van der Waals surface area (Å²) in [6.45, 7) is 0.499. The predicted octanol–water partition coefficient (Wildman–Crippen LogP) is 2.72. The number of nitrogens with zero attached hydrogens (tertiary/aromatic N) is 4. The van der Waals surface area contributed by atoms with Crippen LogP contribution in [0.4, 0.5) is 0 Å². The number of aromatic nitrogens is 3. The Hall–Kier alpha value is -2.79. The molecule has 1 aromatic carbocycles. The fourth-order valence-corrected chi connectivity index (χ4v) is 2.15. The quantitative estimate of drug-likeness (QED) is 0.696. The van der Waals surface area contributed by atoms with Crippen molar-refractivity contribution in [3.8, 4) is 0 Å². The predicted molar refractivity (Wildman–Crippen MR) is 86.9 cm³/mol. The van der Waals surface area contributed by atoms with Crippen molar-refractivity contribution in [1.29, 1.82) is 0 Å². The van der Waals surface area contributed by atoms with Gasteiger partial charge in [0.1, 0.15) is 5.15 Å². The third kappa shape index (κ3) is 3.90. The molecule has 0 fully saturated rings. The van der Waals surface area contributed by atoms with Gasteiger partial charge in [0.25, 0.3) is 5.91 Å². The van der Waals surface area contributed by atoms with Gasteiger partial charge < -0.3 is 4.57 Å². The highest BCUT2D eigenvalue weighted by molar-refractivity contribution is 6.29. The smallest absolute Gasteiger partial charge is 0.280 e. The standard InChI is InChI=1S/C17H13ClN4O/c18-15-8-7-13(11-20-15)12-22-10-4-9-19-17(22)21-16(23)14-5-2-1-3-6-14/h1-11H,12H2/b21-17+. The van der Waals surface area contributed by atoms with Crippen LogP contribution in [-0.4, -0.2) is 20.4 Å². The second kappa shape index (κ2) is 6.98. The van der Waals surface area contributed by atoms with Crippen LogP contribution in [0.3, 0.4) is 0 Å². The van der Waals surface area contributed by atoms with Gasteiger partial charge in [-0.2, -0.15) is 4.99 Å². The van der Waals surface area contributed by atoms with E-state index < -0.39 is 0 Å². The van der Waals surface area contributed by atoms with Crippen LogP contribution in [0.15, 0.2) is 72.1 Å². The van der Waals surface area contributed by atoms with E-state index in [1.807, 2.05) is 18.3 Å². The molecule has 23 heavy (non-hydrogen) atoms. The van der Waals surface area contributed by atoms with Gasteiger partial charge in [0, 0.05) is 24.2 Å². The van der Waals surface area contributed by atoms with Crippen LogP contribution in [0.25, 0.3) is 0 Å². The highest BCUT2D eigenvalue weighted by Crippen LogP contribution is 2.06. The lowest BCUT2D eigenvalue weighted by atomic mass is 10.2. The zero-order valence-corrected chi connectivity index (χ0v) is 12.9. The van der Waals surface area contributed by atoms with Crippen LogP contribution in [0.5, 0.6) is 0 Å². The molecule has 1 amide bonds. The largest absolute Gasteiger partial charge is 0.313 e. The van der Waals surface area contributed by atoms with Gasteiger partial charge in [-0.15, -0.1) is 0 Å². The second-order valence-electron chi connectivity index (χ2n) is 4.82. The average molecular weight is 325 g/mol. The maximum atomic E-state index is 12.2. The monoisotopic (exact) mass is 324 g/mol. The first-order valence-electron chi connectivity index (χ1n) is 6.98. The molecule has 0 N–H and O–H groups in total. The summed E-state index contributed by atoms with van der Waals surface area (Å²) in [4.78, 5) is 24.6. The minimum absolute atomic E-state index is 0.327. The Balaban J connectivity index is 1.93. The second-order valence-corrected chi connectivity index (χ2v) is 5.21. The fraction of sp³-hybridized carbons (Fsp3) is 0.0588. The van der Waals surface area contributed by atoms with E-state index in [0.29, 0.717) is 22.9 Å². The van der Waals surface area contributed by atoms with Crippen molar-refractivity contribution in [2.75, 3.05) is 0 Å². The minimum Gasteiger partial charge on any atom is -0.313 e. The van der Waals surface area contributed by atoms with Crippen LogP contribution in [-0.2, 0) is 6.54 Å². The Morgan fingerprint density at radius 3 is 2.65 bits per heavy atom. The first-order valence-corrected chi connectivity index (χ1v) is 7.36. The molecule has 0 saturated carbocycles. The zero-order valence-electron chi connectivity index (χ0n) is 12.1. The van der Waals surface area contributed by atoms with Gasteiger partial charge in [0.15, 0.2) is 0 Å². The van der Waals surface area contributed by atoms with Gasteiger partial charge in [0.05, 0.1) is 6.54 Å². The van der Waals surface area contributed by atoms with Crippen molar-refractivity contribution in [3.63, 3.8) is 0 Å². The van der Waals surface area contributed by atoms with Gasteiger partial charge in [-0.3, -0.25) is 4.79 Å². The first-order chi connectivity index (χ1) is 11.2. The number of halogens is 1. The van der Waals surface area contributed by atoms with E-state index >= 15 is 0 Å².